The minimum Gasteiger partial charge on any atom is -0.800 e. The zero-order chi connectivity index (χ0) is 17.8. The molecule has 1 aromatic carbocycles. The molecule has 0 aliphatic carbocycles. The Labute approximate surface area is 181 Å². The summed E-state index contributed by atoms with van der Waals surface area (Å²) in [6.45, 7) is 3.53. The number of hydrogen-bond donors (Lipinski definition) is 2. The van der Waals surface area contributed by atoms with Gasteiger partial charge in [-0.05, 0) is 24.3 Å². The summed E-state index contributed by atoms with van der Waals surface area (Å²) in [5.74, 6) is 0.00818. The van der Waals surface area contributed by atoms with Crippen molar-refractivity contribution in [3.05, 3.63) is 29.6 Å². The monoisotopic (exact) mass is 593 g/mol. The Morgan fingerprint density at radius 3 is 2.27 bits per heavy atom. The second-order valence-corrected chi connectivity index (χ2v) is 7.35. The van der Waals surface area contributed by atoms with Crippen molar-refractivity contribution in [2.24, 2.45) is 10.2 Å². The van der Waals surface area contributed by atoms with Gasteiger partial charge < -0.3 is 35.1 Å². The van der Waals surface area contributed by atoms with E-state index in [9.17, 15) is 0 Å². The summed E-state index contributed by atoms with van der Waals surface area (Å²) in [5, 5.41) is 27.6. The van der Waals surface area contributed by atoms with E-state index in [-0.39, 0.29) is 38.1 Å². The van der Waals surface area contributed by atoms with Crippen LogP contribution in [0.3, 0.4) is 0 Å². The van der Waals surface area contributed by atoms with Gasteiger partial charge in [0.15, 0.2) is 5.82 Å². The van der Waals surface area contributed by atoms with E-state index in [2.05, 4.69) is 25.0 Å². The second kappa shape index (κ2) is 10.1. The largest absolute Gasteiger partial charge is 0.800 e. The molecule has 0 bridgehead atoms. The molecule has 2 heterocycles. The third-order valence-electron chi connectivity index (χ3n) is 3.76. The maximum absolute atomic E-state index is 8.86. The Kier molecular flexibility index (Phi) is 8.39. The fraction of sp³-hybridized carbons (Fsp3) is 0.357. The number of piperazine rings is 1. The van der Waals surface area contributed by atoms with E-state index in [0.717, 1.165) is 43.2 Å². The molecule has 2 aromatic rings. The predicted octanol–water partition coefficient (Wildman–Crippen LogP) is 2.64. The molecule has 1 aliphatic rings. The fourth-order valence-electron chi connectivity index (χ4n) is 2.42. The smallest absolute Gasteiger partial charge is 0.232 e. The Hall–Kier alpha value is -0.630. The molecule has 1 fully saturated rings. The van der Waals surface area contributed by atoms with E-state index in [0.29, 0.717) is 10.8 Å². The third-order valence-corrected chi connectivity index (χ3v) is 5.07. The first kappa shape index (κ1) is 21.7. The van der Waals surface area contributed by atoms with Crippen LogP contribution in [0.25, 0.3) is 0 Å². The summed E-state index contributed by atoms with van der Waals surface area (Å²) < 4.78 is -0.236. The summed E-state index contributed by atoms with van der Waals surface area (Å²) >= 11 is 11.4. The summed E-state index contributed by atoms with van der Waals surface area (Å²) in [6.07, 6.45) is 0. The van der Waals surface area contributed by atoms with Crippen LogP contribution >= 0.6 is 11.3 Å². The van der Waals surface area contributed by atoms with Crippen molar-refractivity contribution in [2.75, 3.05) is 36.3 Å². The minimum atomic E-state index is -0.236. The van der Waals surface area contributed by atoms with Crippen molar-refractivity contribution in [3.63, 3.8) is 0 Å². The van der Waals surface area contributed by atoms with Crippen molar-refractivity contribution in [1.29, 1.82) is 0 Å². The minimum absolute atomic E-state index is 0. The SMILES string of the molecule is ON(O)c1csc(N=Nc2ccc(N3CCN(C([S-])[S-])CC3)cc2)n1.[Au]. The number of anilines is 2. The van der Waals surface area contributed by atoms with Crippen LogP contribution in [0.15, 0.2) is 39.9 Å². The van der Waals surface area contributed by atoms with Crippen molar-refractivity contribution in [1.82, 2.24) is 9.88 Å². The summed E-state index contributed by atoms with van der Waals surface area (Å²) in [5.41, 5.74) is 1.82. The van der Waals surface area contributed by atoms with E-state index in [1.54, 1.807) is 0 Å². The van der Waals surface area contributed by atoms with E-state index in [1.807, 2.05) is 24.3 Å². The van der Waals surface area contributed by atoms with Gasteiger partial charge in [-0.1, -0.05) is 11.3 Å². The molecule has 0 saturated carbocycles. The number of azo groups is 1. The van der Waals surface area contributed by atoms with E-state index < -0.39 is 0 Å². The molecule has 3 rings (SSSR count). The average Bonchev–Trinajstić information content (AvgIpc) is 3.10. The zero-order valence-electron chi connectivity index (χ0n) is 13.4. The third kappa shape index (κ3) is 5.68. The molecule has 145 valence electrons. The van der Waals surface area contributed by atoms with Gasteiger partial charge in [0.1, 0.15) is 0 Å². The van der Waals surface area contributed by atoms with Gasteiger partial charge in [0.25, 0.3) is 0 Å². The van der Waals surface area contributed by atoms with Crippen LogP contribution in [0, 0.1) is 0 Å². The first-order valence-corrected chi connectivity index (χ1v) is 9.31. The quantitative estimate of drug-likeness (QED) is 0.237. The van der Waals surface area contributed by atoms with Crippen LogP contribution in [0.4, 0.5) is 22.3 Å². The molecular formula is C14H16AuN6O2S3-2. The summed E-state index contributed by atoms with van der Waals surface area (Å²) in [6, 6.07) is 7.76. The van der Waals surface area contributed by atoms with Crippen LogP contribution < -0.4 is 10.1 Å². The number of benzene rings is 1. The molecular weight excluding hydrogens is 577 g/mol. The second-order valence-electron chi connectivity index (χ2n) is 5.32. The van der Waals surface area contributed by atoms with Gasteiger partial charge in [-0.2, -0.15) is 4.98 Å². The Bertz CT molecular complexity index is 720. The van der Waals surface area contributed by atoms with Crippen LogP contribution in [0.1, 0.15) is 0 Å². The molecule has 0 unspecified atom stereocenters. The van der Waals surface area contributed by atoms with E-state index >= 15 is 0 Å². The van der Waals surface area contributed by atoms with Gasteiger partial charge in [0, 0.05) is 59.6 Å². The maximum atomic E-state index is 8.86. The number of aromatic nitrogens is 1. The number of rotatable bonds is 5. The molecule has 1 radical (unpaired) electrons. The molecule has 8 nitrogen and oxygen atoms in total. The molecule has 1 aliphatic heterocycles. The molecule has 0 amide bonds. The average molecular weight is 593 g/mol. The standard InChI is InChI=1S/C14H18N6O2S3.Au/c21-20(22)12-9-25-13(15-12)17-16-10-1-3-11(4-2-10)18-5-7-19(8-6-18)14(23)24;/h1-4,9,14,21-24H,5-8H2;/p-2. The van der Waals surface area contributed by atoms with Gasteiger partial charge in [-0.15, -0.1) is 15.5 Å². The molecule has 2 N–H and O–H groups in total. The molecule has 0 atom stereocenters. The van der Waals surface area contributed by atoms with Crippen LogP contribution in [0.2, 0.25) is 0 Å². The molecule has 1 saturated heterocycles. The van der Waals surface area contributed by atoms with Crippen LogP contribution in [0.5, 0.6) is 0 Å². The van der Waals surface area contributed by atoms with Crippen molar-refractivity contribution >= 4 is 58.9 Å². The molecule has 26 heavy (non-hydrogen) atoms. The van der Waals surface area contributed by atoms with Gasteiger partial charge in [-0.3, -0.25) is 10.4 Å². The number of nitrogens with zero attached hydrogens (tertiary/aromatic N) is 6. The Balaban J connectivity index is 0.00000243. The topological polar surface area (TPSA) is 87.8 Å². The van der Waals surface area contributed by atoms with Gasteiger partial charge >= 0.3 is 0 Å². The Morgan fingerprint density at radius 1 is 1.08 bits per heavy atom. The normalized spacial score (nSPS) is 15.5. The van der Waals surface area contributed by atoms with Crippen LogP contribution in [-0.2, 0) is 47.6 Å². The fourth-order valence-corrected chi connectivity index (χ4v) is 3.43. The van der Waals surface area contributed by atoms with Gasteiger partial charge in [0.2, 0.25) is 5.13 Å². The Morgan fingerprint density at radius 2 is 1.73 bits per heavy atom. The molecule has 1 aromatic heterocycles. The van der Waals surface area contributed by atoms with Crippen LogP contribution in [-0.4, -0.2) is 51.2 Å². The predicted molar refractivity (Wildman–Crippen MR) is 101 cm³/mol. The summed E-state index contributed by atoms with van der Waals surface area (Å²) in [7, 11) is 0. The van der Waals surface area contributed by atoms with Gasteiger partial charge in [0.05, 0.1) is 5.69 Å². The molecule has 0 spiro atoms. The zero-order valence-corrected chi connectivity index (χ0v) is 18.0. The number of thiazole rings is 1. The van der Waals surface area contributed by atoms with E-state index in [1.165, 1.54) is 5.38 Å². The van der Waals surface area contributed by atoms with Crippen molar-refractivity contribution in [3.8, 4) is 0 Å². The molecule has 12 heteroatoms. The maximum Gasteiger partial charge on any atom is 0.232 e. The van der Waals surface area contributed by atoms with E-state index in [4.69, 9.17) is 35.7 Å². The van der Waals surface area contributed by atoms with Crippen molar-refractivity contribution in [2.45, 2.75) is 4.71 Å². The first-order valence-electron chi connectivity index (χ1n) is 7.49. The van der Waals surface area contributed by atoms with Gasteiger partial charge in [-0.25, -0.2) is 4.71 Å². The first-order chi connectivity index (χ1) is 12.0. The van der Waals surface area contributed by atoms with Crippen molar-refractivity contribution < 1.29 is 32.8 Å². The summed E-state index contributed by atoms with van der Waals surface area (Å²) in [4.78, 5) is 8.29. The number of hydrogen-bond acceptors (Lipinski definition) is 11.